The molecule has 1 heterocycles. The summed E-state index contributed by atoms with van der Waals surface area (Å²) in [6.07, 6.45) is -38.4. The zero-order valence-corrected chi connectivity index (χ0v) is 29.0. The first-order valence-electron chi connectivity index (χ1n) is 12.1. The van der Waals surface area contributed by atoms with Gasteiger partial charge in [-0.2, -0.15) is 74.6 Å². The van der Waals surface area contributed by atoms with Gasteiger partial charge in [0.05, 0.1) is 0 Å². The number of ether oxygens (including phenoxy) is 3. The Kier molecular flexibility index (Phi) is 14.3. The van der Waals surface area contributed by atoms with Crippen LogP contribution in [0.5, 0.6) is 0 Å². The van der Waals surface area contributed by atoms with E-state index in [0.717, 1.165) is 0 Å². The highest BCUT2D eigenvalue weighted by Gasteiger charge is 2.85. The fourth-order valence-electron chi connectivity index (χ4n) is 3.25. The largest absolute Gasteiger partial charge is 0.462 e. The Hall–Kier alpha value is -0.426. The molecule has 0 aromatic rings. The lowest BCUT2D eigenvalue weighted by atomic mass is 10.2. The highest BCUT2D eigenvalue weighted by atomic mass is 28.5. The topological polar surface area (TPSA) is 73.8 Å². The molecule has 8 nitrogen and oxygen atoms in total. The molecule has 1 rings (SSSR count). The third-order valence-corrected chi connectivity index (χ3v) is 19.1. The van der Waals surface area contributed by atoms with E-state index in [4.69, 9.17) is 20.6 Å². The van der Waals surface area contributed by atoms with Gasteiger partial charge in [0.1, 0.15) is 6.61 Å². The molecule has 0 N–H and O–H groups in total. The van der Waals surface area contributed by atoms with Crippen LogP contribution in [-0.4, -0.2) is 107 Å². The average molecular weight is 819 g/mol. The van der Waals surface area contributed by atoms with Crippen molar-refractivity contribution in [2.75, 3.05) is 13.2 Å². The summed E-state index contributed by atoms with van der Waals surface area (Å²) in [6, 6.07) is -0.206. The fraction of sp³-hybridized carbons (Fsp3) is 1.00. The maximum atomic E-state index is 14.7. The van der Waals surface area contributed by atoms with Gasteiger partial charge in [0.15, 0.2) is 0 Å². The molecule has 47 heavy (non-hydrogen) atoms. The molecule has 0 aliphatic carbocycles. The molecule has 0 bridgehead atoms. The second-order valence-electron chi connectivity index (χ2n) is 9.40. The molecule has 1 fully saturated rings. The van der Waals surface area contributed by atoms with Gasteiger partial charge in [-0.1, -0.05) is 0 Å². The summed E-state index contributed by atoms with van der Waals surface area (Å²) in [5, 5.41) is 0. The van der Waals surface area contributed by atoms with Crippen LogP contribution in [0.3, 0.4) is 0 Å². The lowest BCUT2D eigenvalue weighted by Gasteiger charge is -2.40. The molecule has 1 aliphatic heterocycles. The molecular weight excluding hydrogens is 796 g/mol. The molecule has 0 aromatic carbocycles. The summed E-state index contributed by atoms with van der Waals surface area (Å²) in [6.45, 7) is 3.85. The summed E-state index contributed by atoms with van der Waals surface area (Å²) < 4.78 is 262. The van der Waals surface area contributed by atoms with Gasteiger partial charge >= 0.3 is 94.1 Å². The first-order chi connectivity index (χ1) is 20.7. The Bertz CT molecular complexity index is 1010. The Morgan fingerprint density at radius 2 is 0.979 bits per heavy atom. The molecule has 2 atom stereocenters. The standard InChI is InChI=1S/C17H23F17O8Si5/c1-43-38-44(2)40-46(4)42-47(5,41-45(3)39-43)8-6-7-35-9-10(18,13(22,23)24)36-17(33,34)12(21,15(28,29)30)37-16(31,32)11(19,20)14(25,26)27/h6-9H2,1-5H3. The van der Waals surface area contributed by atoms with Crippen LogP contribution in [0.4, 0.5) is 74.6 Å². The molecule has 4 radical (unpaired) electrons. The summed E-state index contributed by atoms with van der Waals surface area (Å²) in [7, 11) is -11.2. The van der Waals surface area contributed by atoms with Crippen LogP contribution in [0.1, 0.15) is 6.42 Å². The van der Waals surface area contributed by atoms with E-state index < -0.39 is 114 Å². The van der Waals surface area contributed by atoms with Gasteiger partial charge in [-0.05, 0) is 45.2 Å². The van der Waals surface area contributed by atoms with Crippen LogP contribution < -0.4 is 0 Å². The van der Waals surface area contributed by atoms with Crippen molar-refractivity contribution in [1.29, 1.82) is 0 Å². The zero-order valence-electron chi connectivity index (χ0n) is 24.0. The number of alkyl halides is 17. The van der Waals surface area contributed by atoms with Crippen molar-refractivity contribution in [2.24, 2.45) is 0 Å². The monoisotopic (exact) mass is 818 g/mol. The fourth-order valence-corrected chi connectivity index (χ4v) is 17.3. The van der Waals surface area contributed by atoms with Crippen molar-refractivity contribution in [3.8, 4) is 0 Å². The molecule has 0 spiro atoms. The second kappa shape index (κ2) is 15.0. The Morgan fingerprint density at radius 1 is 0.553 bits per heavy atom. The maximum absolute atomic E-state index is 14.7. The van der Waals surface area contributed by atoms with Crippen LogP contribution in [0.15, 0.2) is 0 Å². The maximum Gasteiger partial charge on any atom is 0.462 e. The van der Waals surface area contributed by atoms with Crippen molar-refractivity contribution in [3.63, 3.8) is 0 Å². The first kappa shape index (κ1) is 44.6. The van der Waals surface area contributed by atoms with Crippen molar-refractivity contribution < 1.29 is 109 Å². The summed E-state index contributed by atoms with van der Waals surface area (Å²) in [5.41, 5.74) is 0. The zero-order chi connectivity index (χ0) is 37.3. The molecule has 278 valence electrons. The summed E-state index contributed by atoms with van der Waals surface area (Å²) >= 11 is 0. The van der Waals surface area contributed by atoms with E-state index in [1.165, 1.54) is 24.4 Å². The number of hydrogen-bond acceptors (Lipinski definition) is 8. The SMILES string of the molecule is C[Si]1O[Si](C)O[Si](C)O[Si](C)(CCCOCC(F)(OC(F)(F)C(F)(OC(F)(F)C(F)(F)C(F)(F)F)C(F)(F)F)C(F)(F)F)O[Si](C)O1. The third kappa shape index (κ3) is 11.0. The van der Waals surface area contributed by atoms with E-state index in [2.05, 4.69) is 9.47 Å². The molecule has 0 amide bonds. The van der Waals surface area contributed by atoms with E-state index in [1.807, 2.05) is 0 Å². The smallest absolute Gasteiger partial charge is 0.415 e. The Balaban J connectivity index is 3.18. The van der Waals surface area contributed by atoms with Crippen LogP contribution in [0.2, 0.25) is 38.8 Å². The van der Waals surface area contributed by atoms with Crippen molar-refractivity contribution >= 4 is 45.7 Å². The van der Waals surface area contributed by atoms with Gasteiger partial charge in [0.2, 0.25) is 0 Å². The van der Waals surface area contributed by atoms with E-state index in [0.29, 0.717) is 0 Å². The molecule has 30 heteroatoms. The molecule has 0 saturated carbocycles. The van der Waals surface area contributed by atoms with E-state index in [1.54, 1.807) is 13.1 Å². The quantitative estimate of drug-likeness (QED) is 0.120. The third-order valence-electron chi connectivity index (χ3n) is 5.23. The lowest BCUT2D eigenvalue weighted by molar-refractivity contribution is -0.553. The minimum Gasteiger partial charge on any atom is -0.415 e. The van der Waals surface area contributed by atoms with Gasteiger partial charge in [-0.25, -0.2) is 0 Å². The van der Waals surface area contributed by atoms with Gasteiger partial charge in [-0.15, -0.1) is 0 Å². The van der Waals surface area contributed by atoms with Gasteiger partial charge < -0.3 is 25.3 Å². The minimum atomic E-state index is -7.95. The number of rotatable bonds is 12. The molecule has 1 aliphatic rings. The van der Waals surface area contributed by atoms with E-state index >= 15 is 0 Å². The van der Waals surface area contributed by atoms with Crippen molar-refractivity contribution in [2.45, 2.75) is 93.6 Å². The second-order valence-corrected chi connectivity index (χ2v) is 20.2. The lowest BCUT2D eigenvalue weighted by Crippen LogP contribution is -2.67. The number of halogens is 17. The van der Waals surface area contributed by atoms with Crippen LogP contribution in [-0.2, 0) is 34.8 Å². The normalized spacial score (nSPS) is 22.6. The highest BCUT2D eigenvalue weighted by Crippen LogP contribution is 2.56. The van der Waals surface area contributed by atoms with E-state index in [-0.39, 0.29) is 6.04 Å². The van der Waals surface area contributed by atoms with Gasteiger partial charge in [0, 0.05) is 6.61 Å². The van der Waals surface area contributed by atoms with Crippen molar-refractivity contribution in [3.05, 3.63) is 0 Å². The van der Waals surface area contributed by atoms with Crippen molar-refractivity contribution in [1.82, 2.24) is 0 Å². The van der Waals surface area contributed by atoms with Crippen LogP contribution in [0, 0.1) is 0 Å². The number of hydrogen-bond donors (Lipinski definition) is 0. The minimum absolute atomic E-state index is 0.206. The van der Waals surface area contributed by atoms with Crippen LogP contribution >= 0.6 is 0 Å². The van der Waals surface area contributed by atoms with E-state index in [9.17, 15) is 74.6 Å². The Labute approximate surface area is 262 Å². The average Bonchev–Trinajstić information content (AvgIpc) is 2.79. The van der Waals surface area contributed by atoms with Crippen LogP contribution in [0.25, 0.3) is 0 Å². The van der Waals surface area contributed by atoms with Gasteiger partial charge in [0.25, 0.3) is 0 Å². The summed E-state index contributed by atoms with van der Waals surface area (Å²) in [4.78, 5) is 0. The molecule has 1 saturated heterocycles. The predicted molar refractivity (Wildman–Crippen MR) is 127 cm³/mol. The summed E-state index contributed by atoms with van der Waals surface area (Å²) in [5.74, 6) is -22.0. The predicted octanol–water partition coefficient (Wildman–Crippen LogP) is 6.91. The first-order valence-corrected chi connectivity index (χ1v) is 21.9. The molecular formula is C17H23F17O8Si5. The molecule has 2 unspecified atom stereocenters. The molecule has 0 aromatic heterocycles. The Morgan fingerprint density at radius 3 is 1.36 bits per heavy atom. The van der Waals surface area contributed by atoms with Gasteiger partial charge in [-0.3, -0.25) is 9.47 Å². The highest BCUT2D eigenvalue weighted by molar-refractivity contribution is 6.80.